The summed E-state index contributed by atoms with van der Waals surface area (Å²) in [5.74, 6) is 1.50. The first kappa shape index (κ1) is 20.2. The predicted octanol–water partition coefficient (Wildman–Crippen LogP) is 12.0. The number of para-hydroxylation sites is 1. The number of benzene rings is 7. The Morgan fingerprint density at radius 3 is 1.76 bits per heavy atom. The van der Waals surface area contributed by atoms with Gasteiger partial charge in [-0.15, -0.1) is 11.3 Å². The fourth-order valence-electron chi connectivity index (χ4n) is 6.48. The van der Waals surface area contributed by atoms with Crippen molar-refractivity contribution in [2.75, 3.05) is 0 Å². The second-order valence-corrected chi connectivity index (χ2v) is 12.7. The highest BCUT2D eigenvalue weighted by atomic mass is 32.1. The number of fused-ring (bicyclic) bond motifs is 7. The Kier molecular flexibility index (Phi) is 4.69. The first-order valence-corrected chi connectivity index (χ1v) is 16.7. The van der Waals surface area contributed by atoms with Crippen LogP contribution >= 0.6 is 11.3 Å². The number of hydrogen-bond donors (Lipinski definition) is 0. The van der Waals surface area contributed by atoms with Crippen LogP contribution in [0.2, 0.25) is 0 Å². The van der Waals surface area contributed by atoms with E-state index in [0.29, 0.717) is 23.2 Å². The van der Waals surface area contributed by atoms with E-state index in [9.17, 15) is 4.11 Å². The average molecular weight is 667 g/mol. The Morgan fingerprint density at radius 1 is 0.440 bits per heavy atom. The van der Waals surface area contributed by atoms with E-state index in [2.05, 4.69) is 0 Å². The van der Waals surface area contributed by atoms with Gasteiger partial charge in [0.05, 0.1) is 24.7 Å². The molecular weight excluding hydrogens is 629 g/mol. The maximum atomic E-state index is 9.40. The number of hydrogen-bond acceptors (Lipinski definition) is 4. The molecule has 0 amide bonds. The van der Waals surface area contributed by atoms with Crippen LogP contribution in [0.25, 0.3) is 93.0 Å². The summed E-state index contributed by atoms with van der Waals surface area (Å²) in [5.41, 5.74) is 4.58. The van der Waals surface area contributed by atoms with Gasteiger partial charge in [0.2, 0.25) is 0 Å². The van der Waals surface area contributed by atoms with Crippen molar-refractivity contribution in [2.45, 2.75) is 0 Å². The van der Waals surface area contributed by atoms with Crippen LogP contribution in [0.5, 0.6) is 0 Å². The van der Waals surface area contributed by atoms with Crippen molar-refractivity contribution in [3.05, 3.63) is 170 Å². The van der Waals surface area contributed by atoms with Crippen LogP contribution in [-0.4, -0.2) is 19.5 Å². The van der Waals surface area contributed by atoms with Gasteiger partial charge in [-0.2, -0.15) is 0 Å². The zero-order chi connectivity index (χ0) is 41.7. The molecule has 0 N–H and O–H groups in total. The van der Waals surface area contributed by atoms with Gasteiger partial charge in [0.15, 0.2) is 17.5 Å². The van der Waals surface area contributed by atoms with Gasteiger partial charge >= 0.3 is 0 Å². The molecule has 3 aromatic heterocycles. The summed E-state index contributed by atoms with van der Waals surface area (Å²) in [6.07, 6.45) is 0. The highest BCUT2D eigenvalue weighted by Crippen LogP contribution is 2.43. The van der Waals surface area contributed by atoms with E-state index in [1.165, 1.54) is 0 Å². The van der Waals surface area contributed by atoms with E-state index < -0.39 is 24.2 Å². The number of thiophene rings is 1. The summed E-state index contributed by atoms with van der Waals surface area (Å²) in [5, 5.41) is 0.695. The molecule has 10 rings (SSSR count). The number of aromatic nitrogens is 4. The molecule has 3 heterocycles. The van der Waals surface area contributed by atoms with E-state index in [1.807, 2.05) is 103 Å². The predicted molar refractivity (Wildman–Crippen MR) is 209 cm³/mol. The maximum absolute atomic E-state index is 9.40. The molecule has 0 radical (unpaired) electrons. The summed E-state index contributed by atoms with van der Waals surface area (Å²) in [7, 11) is 0. The molecule has 50 heavy (non-hydrogen) atoms. The van der Waals surface area contributed by atoms with Gasteiger partial charge < -0.3 is 4.57 Å². The average Bonchev–Trinajstić information content (AvgIpc) is 3.87. The van der Waals surface area contributed by atoms with Crippen LogP contribution in [0.3, 0.4) is 0 Å². The van der Waals surface area contributed by atoms with Crippen molar-refractivity contribution in [2.24, 2.45) is 0 Å². The third kappa shape index (κ3) is 4.71. The van der Waals surface area contributed by atoms with E-state index in [-0.39, 0.29) is 78.2 Å². The lowest BCUT2D eigenvalue weighted by molar-refractivity contribution is 1.07. The highest BCUT2D eigenvalue weighted by molar-refractivity contribution is 7.26. The van der Waals surface area contributed by atoms with E-state index in [0.717, 1.165) is 39.2 Å². The van der Waals surface area contributed by atoms with E-state index in [4.69, 9.17) is 24.5 Å². The molecule has 7 aromatic carbocycles. The van der Waals surface area contributed by atoms with E-state index in [1.54, 1.807) is 10.6 Å². The Hall–Kier alpha value is -6.43. The zero-order valence-electron chi connectivity index (χ0n) is 36.1. The van der Waals surface area contributed by atoms with Gasteiger partial charge in [-0.05, 0) is 53.5 Å². The van der Waals surface area contributed by atoms with Gasteiger partial charge in [-0.1, -0.05) is 127 Å². The largest absolute Gasteiger partial charge is 0.309 e. The monoisotopic (exact) mass is 666 g/mol. The topological polar surface area (TPSA) is 43.6 Å². The third-order valence-electron chi connectivity index (χ3n) is 8.74. The lowest BCUT2D eigenvalue weighted by Crippen LogP contribution is -2.00. The smallest absolute Gasteiger partial charge is 0.164 e. The van der Waals surface area contributed by atoms with Crippen molar-refractivity contribution in [3.63, 3.8) is 0 Å². The molecule has 10 aromatic rings. The van der Waals surface area contributed by atoms with Crippen molar-refractivity contribution >= 4 is 53.3 Å². The summed E-state index contributed by atoms with van der Waals surface area (Å²) in [4.78, 5) is 14.6. The molecule has 0 saturated heterocycles. The Morgan fingerprint density at radius 2 is 1.02 bits per heavy atom. The van der Waals surface area contributed by atoms with Crippen molar-refractivity contribution < 1.29 is 13.7 Å². The van der Waals surface area contributed by atoms with Crippen molar-refractivity contribution in [3.8, 4) is 51.0 Å². The lowest BCUT2D eigenvalue weighted by atomic mass is 10.0. The minimum absolute atomic E-state index is 0.0783. The van der Waals surface area contributed by atoms with Gasteiger partial charge in [0.1, 0.15) is 0 Å². The molecule has 0 bridgehead atoms. The molecule has 0 fully saturated rings. The number of nitrogens with zero attached hydrogens (tertiary/aromatic N) is 4. The molecular formula is C45H28N4S. The van der Waals surface area contributed by atoms with Gasteiger partial charge in [0.25, 0.3) is 0 Å². The van der Waals surface area contributed by atoms with Crippen molar-refractivity contribution in [1.82, 2.24) is 19.5 Å². The minimum Gasteiger partial charge on any atom is -0.309 e. The quantitative estimate of drug-likeness (QED) is 0.184. The summed E-state index contributed by atoms with van der Waals surface area (Å²) < 4.78 is 90.7. The fraction of sp³-hybridized carbons (Fsp3) is 0. The molecule has 0 aliphatic carbocycles. The van der Waals surface area contributed by atoms with Crippen LogP contribution in [-0.2, 0) is 0 Å². The zero-order valence-corrected chi connectivity index (χ0v) is 26.9. The Labute approximate surface area is 306 Å². The molecule has 4 nitrogen and oxygen atoms in total. The Balaban J connectivity index is 1.22. The van der Waals surface area contributed by atoms with Crippen LogP contribution in [0, 0.1) is 0 Å². The molecule has 0 saturated carbocycles. The molecule has 0 atom stereocenters. The molecule has 5 heteroatoms. The second kappa shape index (κ2) is 11.6. The molecule has 0 spiro atoms. The van der Waals surface area contributed by atoms with Crippen LogP contribution in [0.1, 0.15) is 13.7 Å². The SMILES string of the molecule is [2H]c1c([2H])c([2H])c2c(sc3c([2H])c([2H])c4c(c5c([2H])c([2H])c([2H])c([2H])c5n4-c4cccc(-c5cccc(-c6nc(-c7ccccc7)nc(-c7ccccc7)n6)c5)c4)c32)c1[2H]. The summed E-state index contributed by atoms with van der Waals surface area (Å²) in [6.45, 7) is 0. The summed E-state index contributed by atoms with van der Waals surface area (Å²) in [6, 6.07) is 30.7. The first-order chi connectivity index (χ1) is 28.9. The molecule has 0 aliphatic rings. The normalized spacial score (nSPS) is 14.4. The Bertz CT molecular complexity index is 3390. The van der Waals surface area contributed by atoms with Crippen LogP contribution in [0.15, 0.2) is 170 Å². The molecule has 234 valence electrons. The lowest BCUT2D eigenvalue weighted by Gasteiger charge is -2.12. The van der Waals surface area contributed by atoms with E-state index >= 15 is 0 Å². The second-order valence-electron chi connectivity index (χ2n) is 11.7. The summed E-state index contributed by atoms with van der Waals surface area (Å²) >= 11 is 0.976. The molecule has 0 aliphatic heterocycles. The fourth-order valence-corrected chi connectivity index (χ4v) is 7.45. The van der Waals surface area contributed by atoms with Gasteiger partial charge in [0, 0.05) is 53.3 Å². The van der Waals surface area contributed by atoms with Crippen molar-refractivity contribution in [1.29, 1.82) is 0 Å². The molecule has 0 unspecified atom stereocenters. The van der Waals surface area contributed by atoms with Gasteiger partial charge in [-0.3, -0.25) is 0 Å². The standard InChI is InChI=1S/C45H28N4S/c1-3-13-29(14-4-1)43-46-44(30-15-5-2-6-16-30)48-45(47-43)33-19-11-17-31(27-33)32-18-12-20-34(28-32)49-37-23-9-7-21-35(37)41-38(49)25-26-40-42(41)36-22-8-10-24-39(36)50-40/h1-28H/i7D,8D,9D,10D,21D,22D,23D,24D,25D,26D. The third-order valence-corrected chi connectivity index (χ3v) is 9.76. The first-order valence-electron chi connectivity index (χ1n) is 20.9. The minimum atomic E-state index is -0.489. The van der Waals surface area contributed by atoms with Crippen LogP contribution in [0.4, 0.5) is 0 Å². The highest BCUT2D eigenvalue weighted by Gasteiger charge is 2.18. The van der Waals surface area contributed by atoms with Gasteiger partial charge in [-0.25, -0.2) is 15.0 Å². The van der Waals surface area contributed by atoms with Crippen LogP contribution < -0.4 is 0 Å². The number of rotatable bonds is 5. The maximum Gasteiger partial charge on any atom is 0.164 e.